The van der Waals surface area contributed by atoms with Gasteiger partial charge in [0.05, 0.1) is 15.9 Å². The van der Waals surface area contributed by atoms with E-state index in [-0.39, 0.29) is 0 Å². The summed E-state index contributed by atoms with van der Waals surface area (Å²) in [6.45, 7) is 13.7. The van der Waals surface area contributed by atoms with Crippen LogP contribution in [-0.2, 0) is 24.7 Å². The number of benzene rings is 2. The van der Waals surface area contributed by atoms with E-state index in [1.165, 1.54) is 72.9 Å². The van der Waals surface area contributed by atoms with Crippen molar-refractivity contribution in [2.75, 3.05) is 16.8 Å². The molecule has 3 aromatic heterocycles. The Morgan fingerprint density at radius 2 is 1.83 bits per heavy atom. The van der Waals surface area contributed by atoms with Gasteiger partial charge in [-0.25, -0.2) is 9.97 Å². The van der Waals surface area contributed by atoms with Crippen LogP contribution < -0.4 is 10.2 Å². The van der Waals surface area contributed by atoms with E-state index in [0.717, 1.165) is 87.9 Å². The lowest BCUT2D eigenvalue weighted by Gasteiger charge is -2.72. The lowest BCUT2D eigenvalue weighted by Crippen LogP contribution is -2.64. The molecule has 3 fully saturated rings. The molecule has 6 nitrogen and oxygen atoms in total. The smallest absolute Gasteiger partial charge is 0.191 e. The van der Waals surface area contributed by atoms with E-state index >= 15 is 0 Å². The number of aryl methyl sites for hydroxylation is 4. The number of allylic oxidation sites excluding steroid dienone is 1. The Morgan fingerprint density at radius 3 is 2.63 bits per heavy atom. The molecule has 1 N–H and O–H groups in total. The summed E-state index contributed by atoms with van der Waals surface area (Å²) >= 11 is 3.48. The molecular formula is C44H52N6S2. The summed E-state index contributed by atoms with van der Waals surface area (Å²) in [5.41, 5.74) is 13.2. The molecular weight excluding hydrogens is 677 g/mol. The number of anilines is 4. The molecule has 3 saturated carbocycles. The maximum absolute atomic E-state index is 5.07. The van der Waals surface area contributed by atoms with Crippen LogP contribution in [0.4, 0.5) is 21.9 Å². The highest BCUT2D eigenvalue weighted by atomic mass is 32.1. The fourth-order valence-electron chi connectivity index (χ4n) is 9.61. The van der Waals surface area contributed by atoms with Crippen LogP contribution in [0.2, 0.25) is 0 Å². The number of hydrogen-bond acceptors (Lipinski definition) is 8. The molecule has 0 saturated heterocycles. The van der Waals surface area contributed by atoms with Crippen molar-refractivity contribution in [3.63, 3.8) is 0 Å². The van der Waals surface area contributed by atoms with Crippen molar-refractivity contribution in [3.8, 4) is 0 Å². The van der Waals surface area contributed by atoms with E-state index < -0.39 is 0 Å². The maximum atomic E-state index is 5.07. The Kier molecular flexibility index (Phi) is 9.84. The molecule has 2 aromatic carbocycles. The van der Waals surface area contributed by atoms with Gasteiger partial charge in [-0.2, -0.15) is 0 Å². The van der Waals surface area contributed by atoms with Gasteiger partial charge in [-0.15, -0.1) is 27.3 Å². The van der Waals surface area contributed by atoms with Gasteiger partial charge >= 0.3 is 0 Å². The second-order valence-corrected chi connectivity index (χ2v) is 18.2. The van der Waals surface area contributed by atoms with Gasteiger partial charge in [-0.05, 0) is 149 Å². The van der Waals surface area contributed by atoms with Crippen LogP contribution >= 0.6 is 22.7 Å². The third-order valence-corrected chi connectivity index (χ3v) is 14.4. The van der Waals surface area contributed by atoms with E-state index in [0.29, 0.717) is 10.8 Å². The highest BCUT2D eigenvalue weighted by Crippen LogP contribution is 2.75. The molecule has 1 aliphatic heterocycles. The largest absolute Gasteiger partial charge is 0.314 e. The minimum atomic E-state index is 0.478. The van der Waals surface area contributed by atoms with Crippen molar-refractivity contribution in [3.05, 3.63) is 99.2 Å². The van der Waals surface area contributed by atoms with Gasteiger partial charge in [0, 0.05) is 22.5 Å². The first-order valence-electron chi connectivity index (χ1n) is 19.4. The van der Waals surface area contributed by atoms with Crippen molar-refractivity contribution in [2.24, 2.45) is 11.3 Å². The Balaban J connectivity index is 0.839. The fourth-order valence-corrected chi connectivity index (χ4v) is 11.6. The quantitative estimate of drug-likeness (QED) is 0.0855. The number of nitrogens with one attached hydrogen (secondary N) is 1. The monoisotopic (exact) mass is 728 g/mol. The number of thiazole rings is 2. The standard InChI is InChI=1S/C44H52N6S2/c1-6-7-8-9-15-29(2)25-43-26-44(27-43,28-43)34-22-21-33(30(3)24-34)16-10-12-19-37-32(5)45-42(52-37)50-23-14-17-35-31(4)39(48-49-40(35)50)47-41-46-36-18-11-13-20-38(36)51-41/h7,11,13,18,20-22,24,29H,1,8-10,12,14-17,19,23,25-28H2,2-5H3,(H,46,47,48). The van der Waals surface area contributed by atoms with Crippen LogP contribution in [0.1, 0.15) is 110 Å². The summed E-state index contributed by atoms with van der Waals surface area (Å²) in [5, 5.41) is 14.8. The van der Waals surface area contributed by atoms with Gasteiger partial charge in [0.1, 0.15) is 0 Å². The first kappa shape index (κ1) is 35.2. The molecule has 1 unspecified atom stereocenters. The highest BCUT2D eigenvalue weighted by Gasteiger charge is 2.67. The molecule has 1 atom stereocenters. The van der Waals surface area contributed by atoms with Crippen LogP contribution in [0.5, 0.6) is 0 Å². The van der Waals surface area contributed by atoms with Gasteiger partial charge in [0.2, 0.25) is 0 Å². The molecule has 4 heterocycles. The topological polar surface area (TPSA) is 66.8 Å². The number of nitrogens with zero attached hydrogens (tertiary/aromatic N) is 5. The molecule has 3 aliphatic carbocycles. The zero-order valence-corrected chi connectivity index (χ0v) is 33.0. The van der Waals surface area contributed by atoms with Crippen molar-refractivity contribution >= 4 is 54.8 Å². The Hall–Kier alpha value is -3.84. The Bertz CT molecular complexity index is 2080. The van der Waals surface area contributed by atoms with Gasteiger partial charge in [-0.3, -0.25) is 0 Å². The van der Waals surface area contributed by atoms with Gasteiger partial charge < -0.3 is 10.2 Å². The SMILES string of the molecule is C=C=CCCCC(C)CC12CC(c3ccc(CCCCc4sc(N5CCCc6c5nnc(Nc5nc7ccccc7s5)c6C)nc4C)c(C)c3)(C1)C2. The molecule has 0 radical (unpaired) electrons. The first-order valence-corrected chi connectivity index (χ1v) is 21.0. The zero-order valence-electron chi connectivity index (χ0n) is 31.4. The zero-order chi connectivity index (χ0) is 35.9. The summed E-state index contributed by atoms with van der Waals surface area (Å²) < 4.78 is 1.16. The van der Waals surface area contributed by atoms with E-state index in [4.69, 9.17) is 15.1 Å². The van der Waals surface area contributed by atoms with Crippen LogP contribution in [0, 0.1) is 32.1 Å². The van der Waals surface area contributed by atoms with E-state index in [1.807, 2.05) is 29.5 Å². The third-order valence-electron chi connectivity index (χ3n) is 12.2. The molecule has 270 valence electrons. The minimum Gasteiger partial charge on any atom is -0.314 e. The van der Waals surface area contributed by atoms with Crippen molar-refractivity contribution < 1.29 is 0 Å². The molecule has 2 bridgehead atoms. The van der Waals surface area contributed by atoms with Gasteiger partial charge in [-0.1, -0.05) is 61.6 Å². The molecule has 4 aliphatic rings. The maximum Gasteiger partial charge on any atom is 0.191 e. The van der Waals surface area contributed by atoms with Crippen molar-refractivity contribution in [1.82, 2.24) is 20.2 Å². The van der Waals surface area contributed by atoms with Gasteiger partial charge in [0.15, 0.2) is 21.9 Å². The van der Waals surface area contributed by atoms with Crippen molar-refractivity contribution in [1.29, 1.82) is 0 Å². The summed E-state index contributed by atoms with van der Waals surface area (Å²) in [5.74, 6) is 2.57. The average molecular weight is 729 g/mol. The lowest BCUT2D eigenvalue weighted by atomic mass is 9.32. The van der Waals surface area contributed by atoms with E-state index in [2.05, 4.69) is 85.7 Å². The third kappa shape index (κ3) is 6.86. The normalized spacial score (nSPS) is 20.9. The van der Waals surface area contributed by atoms with Crippen molar-refractivity contribution in [2.45, 2.75) is 117 Å². The van der Waals surface area contributed by atoms with Gasteiger partial charge in [0.25, 0.3) is 0 Å². The number of rotatable bonds is 15. The van der Waals surface area contributed by atoms with Crippen LogP contribution in [0.25, 0.3) is 10.2 Å². The average Bonchev–Trinajstić information content (AvgIpc) is 3.70. The number of para-hydroxylation sites is 1. The minimum absolute atomic E-state index is 0.478. The predicted octanol–water partition coefficient (Wildman–Crippen LogP) is 11.8. The van der Waals surface area contributed by atoms with E-state index in [1.54, 1.807) is 16.9 Å². The molecule has 52 heavy (non-hydrogen) atoms. The molecule has 0 spiro atoms. The summed E-state index contributed by atoms with van der Waals surface area (Å²) in [7, 11) is 0. The number of hydrogen-bond donors (Lipinski definition) is 1. The summed E-state index contributed by atoms with van der Waals surface area (Å²) in [4.78, 5) is 13.5. The number of fused-ring (bicyclic) bond motifs is 2. The molecule has 5 aromatic rings. The van der Waals surface area contributed by atoms with Crippen LogP contribution in [0.15, 0.2) is 60.9 Å². The lowest BCUT2D eigenvalue weighted by molar-refractivity contribution is -0.154. The molecule has 9 rings (SSSR count). The van der Waals surface area contributed by atoms with Crippen LogP contribution in [-0.4, -0.2) is 26.7 Å². The fraction of sp³-hybridized carbons (Fsp3) is 0.477. The molecule has 0 amide bonds. The van der Waals surface area contributed by atoms with Crippen LogP contribution in [0.3, 0.4) is 0 Å². The predicted molar refractivity (Wildman–Crippen MR) is 219 cm³/mol. The number of unbranched alkanes of at least 4 members (excludes halogenated alkanes) is 2. The second kappa shape index (κ2) is 14.5. The Morgan fingerprint density at radius 1 is 1.00 bits per heavy atom. The Labute approximate surface area is 317 Å². The number of aromatic nitrogens is 4. The van der Waals surface area contributed by atoms with E-state index in [9.17, 15) is 0 Å². The first-order chi connectivity index (χ1) is 25.2. The summed E-state index contributed by atoms with van der Waals surface area (Å²) in [6.07, 6.45) is 18.1. The molecule has 8 heteroatoms. The second-order valence-electron chi connectivity index (χ2n) is 16.2. The highest BCUT2D eigenvalue weighted by molar-refractivity contribution is 7.22. The summed E-state index contributed by atoms with van der Waals surface area (Å²) in [6, 6.07) is 15.7.